The monoisotopic (exact) mass is 230 g/mol. The zero-order chi connectivity index (χ0) is 11.3. The van der Waals surface area contributed by atoms with Crippen LogP contribution in [0, 0.1) is 0 Å². The fourth-order valence-electron chi connectivity index (χ4n) is 1.08. The molecule has 1 rings (SSSR count). The molecule has 0 amide bonds. The van der Waals surface area contributed by atoms with E-state index in [1.807, 2.05) is 7.05 Å². The van der Waals surface area contributed by atoms with Gasteiger partial charge >= 0.3 is 0 Å². The highest BCUT2D eigenvalue weighted by molar-refractivity contribution is 7.85. The maximum atomic E-state index is 10.7. The van der Waals surface area contributed by atoms with Gasteiger partial charge in [0, 0.05) is 18.8 Å². The Morgan fingerprint density at radius 3 is 2.27 bits per heavy atom. The second-order valence-corrected chi connectivity index (χ2v) is 4.45. The van der Waals surface area contributed by atoms with E-state index in [2.05, 4.69) is 10.6 Å². The zero-order valence-electron chi connectivity index (χ0n) is 8.40. The molecule has 1 aromatic carbocycles. The van der Waals surface area contributed by atoms with E-state index in [0.717, 1.165) is 18.8 Å². The molecule has 0 fully saturated rings. The summed E-state index contributed by atoms with van der Waals surface area (Å²) in [6, 6.07) is 5.94. The van der Waals surface area contributed by atoms with Gasteiger partial charge in [0.1, 0.15) is 0 Å². The lowest BCUT2D eigenvalue weighted by molar-refractivity contribution is 0.483. The molecule has 0 aromatic heterocycles. The maximum absolute atomic E-state index is 10.7. The van der Waals surface area contributed by atoms with Gasteiger partial charge in [0.05, 0.1) is 4.90 Å². The fraction of sp³-hybridized carbons (Fsp3) is 0.333. The Labute approximate surface area is 89.3 Å². The van der Waals surface area contributed by atoms with Crippen LogP contribution in [0.4, 0.5) is 5.69 Å². The predicted octanol–water partition coefficient (Wildman–Crippen LogP) is 0.565. The van der Waals surface area contributed by atoms with Crippen LogP contribution in [0.5, 0.6) is 0 Å². The van der Waals surface area contributed by atoms with E-state index in [9.17, 15) is 8.42 Å². The summed E-state index contributed by atoms with van der Waals surface area (Å²) in [5.74, 6) is 0. The average Bonchev–Trinajstić information content (AvgIpc) is 2.18. The van der Waals surface area contributed by atoms with Gasteiger partial charge in [-0.3, -0.25) is 4.55 Å². The molecule has 0 aliphatic heterocycles. The van der Waals surface area contributed by atoms with Crippen LogP contribution in [0.25, 0.3) is 0 Å². The Bertz CT molecular complexity index is 400. The van der Waals surface area contributed by atoms with Gasteiger partial charge in [-0.1, -0.05) is 0 Å². The smallest absolute Gasteiger partial charge is 0.294 e. The van der Waals surface area contributed by atoms with Crippen molar-refractivity contribution >= 4 is 15.8 Å². The molecule has 6 heteroatoms. The number of benzene rings is 1. The van der Waals surface area contributed by atoms with Crippen molar-refractivity contribution < 1.29 is 13.0 Å². The molecule has 0 saturated heterocycles. The molecule has 0 radical (unpaired) electrons. The third kappa shape index (κ3) is 3.86. The Morgan fingerprint density at radius 1 is 1.20 bits per heavy atom. The molecule has 1 aromatic rings. The molecule has 15 heavy (non-hydrogen) atoms. The van der Waals surface area contributed by atoms with E-state index in [1.165, 1.54) is 12.1 Å². The summed E-state index contributed by atoms with van der Waals surface area (Å²) in [6.07, 6.45) is 0. The summed E-state index contributed by atoms with van der Waals surface area (Å²) < 4.78 is 30.2. The molecule has 0 saturated carbocycles. The first-order chi connectivity index (χ1) is 7.04. The minimum Gasteiger partial charge on any atom is -0.384 e. The Hall–Kier alpha value is -1.11. The van der Waals surface area contributed by atoms with Gasteiger partial charge in [-0.25, -0.2) is 0 Å². The summed E-state index contributed by atoms with van der Waals surface area (Å²) in [7, 11) is -2.23. The third-order valence-electron chi connectivity index (χ3n) is 1.86. The molecular weight excluding hydrogens is 216 g/mol. The molecule has 3 N–H and O–H groups in total. The van der Waals surface area contributed by atoms with Gasteiger partial charge < -0.3 is 10.6 Å². The molecule has 0 heterocycles. The van der Waals surface area contributed by atoms with Crippen LogP contribution in [0.1, 0.15) is 0 Å². The highest BCUT2D eigenvalue weighted by Gasteiger charge is 2.07. The molecule has 5 nitrogen and oxygen atoms in total. The standard InChI is InChI=1S/C9H14N2O3S/c1-10-6-7-11-8-2-4-9(5-3-8)15(12,13)14/h2-5,10-11H,6-7H2,1H3,(H,12,13,14). The van der Waals surface area contributed by atoms with E-state index < -0.39 is 10.1 Å². The largest absolute Gasteiger partial charge is 0.384 e. The van der Waals surface area contributed by atoms with Crippen LogP contribution in [0.15, 0.2) is 29.2 Å². The van der Waals surface area contributed by atoms with E-state index in [0.29, 0.717) is 0 Å². The number of nitrogens with one attached hydrogen (secondary N) is 2. The lowest BCUT2D eigenvalue weighted by Crippen LogP contribution is -2.17. The third-order valence-corrected chi connectivity index (χ3v) is 2.72. The first-order valence-corrected chi connectivity index (χ1v) is 5.94. The molecule has 0 atom stereocenters. The molecule has 0 spiro atoms. The number of hydrogen-bond donors (Lipinski definition) is 3. The van der Waals surface area contributed by atoms with Crippen molar-refractivity contribution in [1.29, 1.82) is 0 Å². The van der Waals surface area contributed by atoms with Crippen LogP contribution in [0.2, 0.25) is 0 Å². The number of likely N-dealkylation sites (N-methyl/N-ethyl adjacent to an activating group) is 1. The van der Waals surface area contributed by atoms with Gasteiger partial charge in [-0.05, 0) is 31.3 Å². The van der Waals surface area contributed by atoms with E-state index in [4.69, 9.17) is 4.55 Å². The van der Waals surface area contributed by atoms with E-state index in [1.54, 1.807) is 12.1 Å². The van der Waals surface area contributed by atoms with Crippen molar-refractivity contribution in [2.24, 2.45) is 0 Å². The average molecular weight is 230 g/mol. The van der Waals surface area contributed by atoms with Gasteiger partial charge in [0.25, 0.3) is 10.1 Å². The molecule has 0 bridgehead atoms. The molecule has 0 unspecified atom stereocenters. The summed E-state index contributed by atoms with van der Waals surface area (Å²) >= 11 is 0. The second-order valence-electron chi connectivity index (χ2n) is 3.03. The van der Waals surface area contributed by atoms with Crippen molar-refractivity contribution in [2.75, 3.05) is 25.5 Å². The van der Waals surface area contributed by atoms with E-state index in [-0.39, 0.29) is 4.90 Å². The molecule has 84 valence electrons. The van der Waals surface area contributed by atoms with Crippen molar-refractivity contribution in [3.63, 3.8) is 0 Å². The molecule has 0 aliphatic carbocycles. The van der Waals surface area contributed by atoms with Crippen LogP contribution in [0.3, 0.4) is 0 Å². The summed E-state index contributed by atoms with van der Waals surface area (Å²) in [6.45, 7) is 1.57. The molecular formula is C9H14N2O3S. The van der Waals surface area contributed by atoms with Crippen LogP contribution in [-0.2, 0) is 10.1 Å². The lowest BCUT2D eigenvalue weighted by atomic mass is 10.3. The minimum absolute atomic E-state index is 0.0957. The van der Waals surface area contributed by atoms with Crippen molar-refractivity contribution in [1.82, 2.24) is 5.32 Å². The number of anilines is 1. The first kappa shape index (κ1) is 12.0. The van der Waals surface area contributed by atoms with Gasteiger partial charge in [-0.15, -0.1) is 0 Å². The second kappa shape index (κ2) is 5.11. The minimum atomic E-state index is -4.08. The van der Waals surface area contributed by atoms with Gasteiger partial charge in [-0.2, -0.15) is 8.42 Å². The van der Waals surface area contributed by atoms with E-state index >= 15 is 0 Å². The highest BCUT2D eigenvalue weighted by Crippen LogP contribution is 2.13. The maximum Gasteiger partial charge on any atom is 0.294 e. The van der Waals surface area contributed by atoms with Gasteiger partial charge in [0.15, 0.2) is 0 Å². The van der Waals surface area contributed by atoms with Crippen LogP contribution in [-0.4, -0.2) is 33.1 Å². The normalized spacial score (nSPS) is 11.3. The Kier molecular flexibility index (Phi) is 4.07. The Balaban J connectivity index is 2.65. The summed E-state index contributed by atoms with van der Waals surface area (Å²) in [5.41, 5.74) is 0.817. The molecule has 0 aliphatic rings. The quantitative estimate of drug-likeness (QED) is 0.509. The zero-order valence-corrected chi connectivity index (χ0v) is 9.21. The van der Waals surface area contributed by atoms with Crippen molar-refractivity contribution in [3.05, 3.63) is 24.3 Å². The fourth-order valence-corrected chi connectivity index (χ4v) is 1.56. The van der Waals surface area contributed by atoms with Gasteiger partial charge in [0.2, 0.25) is 0 Å². The number of rotatable bonds is 5. The number of hydrogen-bond acceptors (Lipinski definition) is 4. The predicted molar refractivity (Wildman–Crippen MR) is 58.7 cm³/mol. The highest BCUT2D eigenvalue weighted by atomic mass is 32.2. The topological polar surface area (TPSA) is 78.4 Å². The lowest BCUT2D eigenvalue weighted by Gasteiger charge is -2.05. The SMILES string of the molecule is CNCCNc1ccc(S(=O)(=O)O)cc1. The van der Waals surface area contributed by atoms with Crippen LogP contribution >= 0.6 is 0 Å². The van der Waals surface area contributed by atoms with Crippen molar-refractivity contribution in [2.45, 2.75) is 4.90 Å². The van der Waals surface area contributed by atoms with Crippen LogP contribution < -0.4 is 10.6 Å². The summed E-state index contributed by atoms with van der Waals surface area (Å²) in [4.78, 5) is -0.0957. The summed E-state index contributed by atoms with van der Waals surface area (Å²) in [5, 5.41) is 6.06. The first-order valence-electron chi connectivity index (χ1n) is 4.50. The van der Waals surface area contributed by atoms with Crippen molar-refractivity contribution in [3.8, 4) is 0 Å². The Morgan fingerprint density at radius 2 is 1.80 bits per heavy atom.